The van der Waals surface area contributed by atoms with E-state index in [0.717, 1.165) is 5.56 Å². The molecule has 1 aliphatic rings. The van der Waals surface area contributed by atoms with Crippen LogP contribution in [0.25, 0.3) is 0 Å². The fourth-order valence-corrected chi connectivity index (χ4v) is 4.39. The zero-order chi connectivity index (χ0) is 16.9. The Kier molecular flexibility index (Phi) is 5.70. The van der Waals surface area contributed by atoms with Gasteiger partial charge >= 0.3 is 0 Å². The summed E-state index contributed by atoms with van der Waals surface area (Å²) in [7, 11) is -3.06. The maximum absolute atomic E-state index is 12.3. The minimum Gasteiger partial charge on any atom is -0.352 e. The first-order valence-corrected chi connectivity index (χ1v) is 9.39. The standard InChI is InChI=1S/C15H21N3O4S/c1-2-18(13-5-7-23(21,22)11-13)15(20)8-14(19)17-10-12-4-3-6-16-9-12/h3-4,6,9,13H,2,5,7-8,10-11H2,1H3,(H,17,19). The molecule has 1 aromatic rings. The van der Waals surface area contributed by atoms with Crippen molar-refractivity contribution in [2.24, 2.45) is 0 Å². The lowest BCUT2D eigenvalue weighted by Crippen LogP contribution is -2.43. The molecule has 8 heteroatoms. The van der Waals surface area contributed by atoms with E-state index in [-0.39, 0.29) is 35.8 Å². The molecule has 0 saturated carbocycles. The second-order valence-corrected chi connectivity index (χ2v) is 7.78. The minimum absolute atomic E-state index is 0.0100. The van der Waals surface area contributed by atoms with Gasteiger partial charge in [0.15, 0.2) is 9.84 Å². The predicted molar refractivity (Wildman–Crippen MR) is 85.1 cm³/mol. The molecule has 2 amide bonds. The molecule has 2 heterocycles. The Morgan fingerprint density at radius 1 is 1.43 bits per heavy atom. The normalized spacial score (nSPS) is 19.3. The molecule has 0 aromatic carbocycles. The van der Waals surface area contributed by atoms with Gasteiger partial charge in [-0.05, 0) is 25.0 Å². The van der Waals surface area contributed by atoms with Gasteiger partial charge in [-0.2, -0.15) is 0 Å². The first-order chi connectivity index (χ1) is 10.9. The van der Waals surface area contributed by atoms with Gasteiger partial charge in [0.25, 0.3) is 0 Å². The van der Waals surface area contributed by atoms with Gasteiger partial charge in [0.05, 0.1) is 11.5 Å². The molecule has 2 rings (SSSR count). The second kappa shape index (κ2) is 7.54. The molecule has 1 fully saturated rings. The van der Waals surface area contributed by atoms with Crippen molar-refractivity contribution < 1.29 is 18.0 Å². The molecule has 7 nitrogen and oxygen atoms in total. The molecule has 1 unspecified atom stereocenters. The number of nitrogens with zero attached hydrogens (tertiary/aromatic N) is 2. The fraction of sp³-hybridized carbons (Fsp3) is 0.533. The summed E-state index contributed by atoms with van der Waals surface area (Å²) in [5.74, 6) is -0.616. The maximum Gasteiger partial charge on any atom is 0.232 e. The summed E-state index contributed by atoms with van der Waals surface area (Å²) in [5.41, 5.74) is 0.850. The van der Waals surface area contributed by atoms with Crippen molar-refractivity contribution in [3.8, 4) is 0 Å². The van der Waals surface area contributed by atoms with E-state index >= 15 is 0 Å². The number of amides is 2. The lowest BCUT2D eigenvalue weighted by Gasteiger charge is -2.26. The molecule has 0 spiro atoms. The zero-order valence-electron chi connectivity index (χ0n) is 13.1. The Morgan fingerprint density at radius 3 is 2.78 bits per heavy atom. The Morgan fingerprint density at radius 2 is 2.22 bits per heavy atom. The quantitative estimate of drug-likeness (QED) is 0.743. The number of hydrogen-bond acceptors (Lipinski definition) is 5. The van der Waals surface area contributed by atoms with Crippen molar-refractivity contribution in [2.75, 3.05) is 18.1 Å². The lowest BCUT2D eigenvalue weighted by molar-refractivity contribution is -0.137. The minimum atomic E-state index is -3.06. The van der Waals surface area contributed by atoms with Crippen LogP contribution >= 0.6 is 0 Å². The molecule has 1 aliphatic heterocycles. The average Bonchev–Trinajstić information content (AvgIpc) is 2.87. The monoisotopic (exact) mass is 339 g/mol. The van der Waals surface area contributed by atoms with Crippen molar-refractivity contribution in [1.29, 1.82) is 0 Å². The third kappa shape index (κ3) is 5.02. The number of carbonyl (C=O) groups is 2. The summed E-state index contributed by atoms with van der Waals surface area (Å²) in [5, 5.41) is 2.67. The lowest BCUT2D eigenvalue weighted by atomic mass is 10.2. The van der Waals surface area contributed by atoms with Crippen molar-refractivity contribution in [2.45, 2.75) is 32.4 Å². The molecule has 0 radical (unpaired) electrons. The number of pyridine rings is 1. The zero-order valence-corrected chi connectivity index (χ0v) is 13.9. The first kappa shape index (κ1) is 17.4. The van der Waals surface area contributed by atoms with Crippen LogP contribution in [0.15, 0.2) is 24.5 Å². The van der Waals surface area contributed by atoms with Crippen molar-refractivity contribution in [1.82, 2.24) is 15.2 Å². The van der Waals surface area contributed by atoms with Gasteiger partial charge < -0.3 is 10.2 Å². The van der Waals surface area contributed by atoms with E-state index in [0.29, 0.717) is 19.5 Å². The SMILES string of the molecule is CCN(C(=O)CC(=O)NCc1cccnc1)C1CCS(=O)(=O)C1. The van der Waals surface area contributed by atoms with Gasteiger partial charge in [0, 0.05) is 31.5 Å². The second-order valence-electron chi connectivity index (χ2n) is 5.55. The van der Waals surface area contributed by atoms with E-state index in [9.17, 15) is 18.0 Å². The van der Waals surface area contributed by atoms with E-state index < -0.39 is 9.84 Å². The van der Waals surface area contributed by atoms with Crippen molar-refractivity contribution in [3.63, 3.8) is 0 Å². The predicted octanol–water partition coefficient (Wildman–Crippen LogP) is 0.123. The van der Waals surface area contributed by atoms with Gasteiger partial charge in [-0.3, -0.25) is 14.6 Å². The van der Waals surface area contributed by atoms with Crippen LogP contribution in [0.4, 0.5) is 0 Å². The third-order valence-corrected chi connectivity index (χ3v) is 5.58. The Balaban J connectivity index is 1.85. The summed E-state index contributed by atoms with van der Waals surface area (Å²) in [4.78, 5) is 29.6. The van der Waals surface area contributed by atoms with Gasteiger partial charge in [-0.15, -0.1) is 0 Å². The third-order valence-electron chi connectivity index (χ3n) is 3.83. The highest BCUT2D eigenvalue weighted by Gasteiger charge is 2.34. The number of nitrogens with one attached hydrogen (secondary N) is 1. The molecule has 1 saturated heterocycles. The van der Waals surface area contributed by atoms with Crippen LogP contribution in [0.1, 0.15) is 25.3 Å². The number of hydrogen-bond donors (Lipinski definition) is 1. The van der Waals surface area contributed by atoms with Gasteiger partial charge in [0.1, 0.15) is 6.42 Å². The first-order valence-electron chi connectivity index (χ1n) is 7.57. The smallest absolute Gasteiger partial charge is 0.232 e. The molecule has 1 N–H and O–H groups in total. The Bertz CT molecular complexity index is 661. The van der Waals surface area contributed by atoms with Crippen LogP contribution in [0.3, 0.4) is 0 Å². The van der Waals surface area contributed by atoms with Crippen LogP contribution in [-0.2, 0) is 26.0 Å². The molecular formula is C15H21N3O4S. The molecule has 126 valence electrons. The molecule has 0 bridgehead atoms. The van der Waals surface area contributed by atoms with Crippen LogP contribution in [0.5, 0.6) is 0 Å². The van der Waals surface area contributed by atoms with E-state index in [1.165, 1.54) is 4.90 Å². The molecular weight excluding hydrogens is 318 g/mol. The van der Waals surface area contributed by atoms with Crippen molar-refractivity contribution in [3.05, 3.63) is 30.1 Å². The number of sulfone groups is 1. The highest BCUT2D eigenvalue weighted by molar-refractivity contribution is 7.91. The molecule has 23 heavy (non-hydrogen) atoms. The Labute approximate surface area is 136 Å². The number of rotatable bonds is 6. The molecule has 1 atom stereocenters. The Hall–Kier alpha value is -1.96. The van der Waals surface area contributed by atoms with Gasteiger partial charge in [0.2, 0.25) is 11.8 Å². The summed E-state index contributed by atoms with van der Waals surface area (Å²) in [6.07, 6.45) is 3.46. The van der Waals surface area contributed by atoms with E-state index in [1.807, 2.05) is 6.07 Å². The van der Waals surface area contributed by atoms with E-state index in [2.05, 4.69) is 10.3 Å². The maximum atomic E-state index is 12.3. The van der Waals surface area contributed by atoms with E-state index in [4.69, 9.17) is 0 Å². The highest BCUT2D eigenvalue weighted by atomic mass is 32.2. The van der Waals surface area contributed by atoms with Crippen molar-refractivity contribution >= 4 is 21.7 Å². The summed E-state index contributed by atoms with van der Waals surface area (Å²) < 4.78 is 23.1. The van der Waals surface area contributed by atoms with Crippen LogP contribution in [0, 0.1) is 0 Å². The fourth-order valence-electron chi connectivity index (χ4n) is 2.66. The summed E-state index contributed by atoms with van der Waals surface area (Å²) >= 11 is 0. The molecule has 0 aliphatic carbocycles. The number of aromatic nitrogens is 1. The topological polar surface area (TPSA) is 96.4 Å². The molecule has 1 aromatic heterocycles. The van der Waals surface area contributed by atoms with Gasteiger partial charge in [-0.25, -0.2) is 8.42 Å². The summed E-state index contributed by atoms with van der Waals surface area (Å²) in [6, 6.07) is 3.28. The number of carbonyl (C=O) groups excluding carboxylic acids is 2. The van der Waals surface area contributed by atoms with Gasteiger partial charge in [-0.1, -0.05) is 6.07 Å². The largest absolute Gasteiger partial charge is 0.352 e. The highest BCUT2D eigenvalue weighted by Crippen LogP contribution is 2.18. The van der Waals surface area contributed by atoms with Crippen LogP contribution < -0.4 is 5.32 Å². The van der Waals surface area contributed by atoms with E-state index in [1.54, 1.807) is 25.4 Å². The summed E-state index contributed by atoms with van der Waals surface area (Å²) in [6.45, 7) is 2.50. The van der Waals surface area contributed by atoms with Crippen LogP contribution in [-0.4, -0.2) is 54.2 Å². The average molecular weight is 339 g/mol. The van der Waals surface area contributed by atoms with Crippen LogP contribution in [0.2, 0.25) is 0 Å².